The molecular weight excluding hydrogens is 260 g/mol. The third kappa shape index (κ3) is 3.80. The van der Waals surface area contributed by atoms with Crippen molar-refractivity contribution in [1.29, 1.82) is 0 Å². The Bertz CT molecular complexity index is 584. The predicted molar refractivity (Wildman–Crippen MR) is 76.5 cm³/mol. The molecule has 0 aromatic carbocycles. The molecule has 0 atom stereocenters. The normalized spacial score (nSPS) is 11.4. The van der Waals surface area contributed by atoms with Crippen molar-refractivity contribution in [2.75, 3.05) is 6.54 Å². The van der Waals surface area contributed by atoms with Gasteiger partial charge in [-0.3, -0.25) is 18.7 Å². The number of hydrogen-bond acceptors (Lipinski definition) is 4. The van der Waals surface area contributed by atoms with Crippen molar-refractivity contribution in [2.24, 2.45) is 12.8 Å². The third-order valence-electron chi connectivity index (χ3n) is 3.62. The summed E-state index contributed by atoms with van der Waals surface area (Å²) in [6.45, 7) is 4.16. The van der Waals surface area contributed by atoms with Crippen LogP contribution in [0.5, 0.6) is 0 Å². The molecule has 1 aromatic heterocycles. The van der Waals surface area contributed by atoms with Gasteiger partial charge in [-0.05, 0) is 12.8 Å². The van der Waals surface area contributed by atoms with E-state index in [0.29, 0.717) is 6.54 Å². The van der Waals surface area contributed by atoms with Gasteiger partial charge in [0.2, 0.25) is 5.91 Å². The minimum Gasteiger partial charge on any atom is -0.353 e. The van der Waals surface area contributed by atoms with Crippen LogP contribution in [0.2, 0.25) is 0 Å². The van der Waals surface area contributed by atoms with Crippen LogP contribution in [0.4, 0.5) is 0 Å². The van der Waals surface area contributed by atoms with Crippen LogP contribution in [0.3, 0.4) is 0 Å². The van der Waals surface area contributed by atoms with Crippen molar-refractivity contribution in [3.05, 3.63) is 33.1 Å². The van der Waals surface area contributed by atoms with Crippen LogP contribution in [-0.2, 0) is 18.4 Å². The van der Waals surface area contributed by atoms with E-state index < -0.39 is 16.8 Å². The zero-order valence-corrected chi connectivity index (χ0v) is 12.2. The lowest BCUT2D eigenvalue weighted by molar-refractivity contribution is -0.122. The van der Waals surface area contributed by atoms with Gasteiger partial charge in [-0.2, -0.15) is 0 Å². The average molecular weight is 282 g/mol. The number of rotatable bonds is 6. The highest BCUT2D eigenvalue weighted by Gasteiger charge is 2.20. The van der Waals surface area contributed by atoms with Crippen LogP contribution in [0.15, 0.2) is 21.9 Å². The first-order chi connectivity index (χ1) is 9.33. The van der Waals surface area contributed by atoms with E-state index in [1.54, 1.807) is 0 Å². The Morgan fingerprint density at radius 3 is 2.50 bits per heavy atom. The van der Waals surface area contributed by atoms with Gasteiger partial charge in [0, 0.05) is 31.4 Å². The van der Waals surface area contributed by atoms with E-state index in [1.807, 2.05) is 13.8 Å². The van der Waals surface area contributed by atoms with Gasteiger partial charge in [0.1, 0.15) is 6.54 Å². The van der Waals surface area contributed by atoms with Crippen LogP contribution >= 0.6 is 0 Å². The number of hydrogen-bond donors (Lipinski definition) is 2. The maximum atomic E-state index is 11.8. The first-order valence-electron chi connectivity index (χ1n) is 6.65. The summed E-state index contributed by atoms with van der Waals surface area (Å²) in [4.78, 5) is 34.8. The van der Waals surface area contributed by atoms with Crippen LogP contribution in [0.25, 0.3) is 0 Å². The number of carbonyl (C=O) groups is 1. The standard InChI is InChI=1S/C13H22N4O3/c1-4-13(14,5-2)9-15-10(18)8-17-7-6-11(19)16(3)12(17)20/h6-7H,4-5,8-9,14H2,1-3H3,(H,15,18). The van der Waals surface area contributed by atoms with Crippen LogP contribution < -0.4 is 22.3 Å². The number of carbonyl (C=O) groups excluding carboxylic acids is 1. The van der Waals surface area contributed by atoms with Gasteiger partial charge in [-0.25, -0.2) is 4.79 Å². The second kappa shape index (κ2) is 6.51. The molecule has 0 bridgehead atoms. The van der Waals surface area contributed by atoms with Crippen LogP contribution in [0, 0.1) is 0 Å². The van der Waals surface area contributed by atoms with Gasteiger partial charge in [0.25, 0.3) is 5.56 Å². The Morgan fingerprint density at radius 1 is 1.35 bits per heavy atom. The van der Waals surface area contributed by atoms with Gasteiger partial charge < -0.3 is 11.1 Å². The first kappa shape index (κ1) is 16.2. The van der Waals surface area contributed by atoms with E-state index >= 15 is 0 Å². The molecule has 0 aliphatic carbocycles. The third-order valence-corrected chi connectivity index (χ3v) is 3.62. The molecule has 112 valence electrons. The Morgan fingerprint density at radius 2 is 1.95 bits per heavy atom. The zero-order chi connectivity index (χ0) is 15.3. The number of amides is 1. The molecule has 0 radical (unpaired) electrons. The Hall–Kier alpha value is -1.89. The molecule has 0 spiro atoms. The number of nitrogens with one attached hydrogen (secondary N) is 1. The molecule has 1 heterocycles. The monoisotopic (exact) mass is 282 g/mol. The van der Waals surface area contributed by atoms with Crippen molar-refractivity contribution in [2.45, 2.75) is 38.8 Å². The van der Waals surface area contributed by atoms with E-state index in [1.165, 1.54) is 23.9 Å². The minimum absolute atomic E-state index is 0.129. The summed E-state index contributed by atoms with van der Waals surface area (Å²) in [7, 11) is 1.37. The topological polar surface area (TPSA) is 99.1 Å². The molecular formula is C13H22N4O3. The molecule has 0 unspecified atom stereocenters. The van der Waals surface area contributed by atoms with E-state index in [0.717, 1.165) is 17.4 Å². The van der Waals surface area contributed by atoms with E-state index in [2.05, 4.69) is 5.32 Å². The molecule has 0 saturated heterocycles. The predicted octanol–water partition coefficient (Wildman–Crippen LogP) is -0.819. The summed E-state index contributed by atoms with van der Waals surface area (Å²) >= 11 is 0. The van der Waals surface area contributed by atoms with Crippen molar-refractivity contribution < 1.29 is 4.79 Å². The van der Waals surface area contributed by atoms with Crippen molar-refractivity contribution in [1.82, 2.24) is 14.5 Å². The molecule has 1 rings (SSSR count). The maximum Gasteiger partial charge on any atom is 0.331 e. The summed E-state index contributed by atoms with van der Waals surface area (Å²) in [6.07, 6.45) is 2.83. The summed E-state index contributed by atoms with van der Waals surface area (Å²) in [5.74, 6) is -0.303. The highest BCUT2D eigenvalue weighted by Crippen LogP contribution is 2.09. The largest absolute Gasteiger partial charge is 0.353 e. The Labute approximate surface area is 117 Å². The Balaban J connectivity index is 2.71. The average Bonchev–Trinajstić information content (AvgIpc) is 2.45. The summed E-state index contributed by atoms with van der Waals surface area (Å²) in [6, 6.07) is 1.25. The van der Waals surface area contributed by atoms with Gasteiger partial charge in [0.05, 0.1) is 0 Å². The summed E-state index contributed by atoms with van der Waals surface area (Å²) in [5.41, 5.74) is 4.74. The molecule has 3 N–H and O–H groups in total. The fourth-order valence-corrected chi connectivity index (χ4v) is 1.72. The second-order valence-electron chi connectivity index (χ2n) is 4.97. The maximum absolute atomic E-state index is 11.8. The molecule has 1 amide bonds. The number of nitrogens with zero attached hydrogens (tertiary/aromatic N) is 2. The van der Waals surface area contributed by atoms with E-state index in [4.69, 9.17) is 5.73 Å². The van der Waals surface area contributed by atoms with E-state index in [-0.39, 0.29) is 12.5 Å². The van der Waals surface area contributed by atoms with Gasteiger partial charge in [-0.15, -0.1) is 0 Å². The highest BCUT2D eigenvalue weighted by atomic mass is 16.2. The van der Waals surface area contributed by atoms with Gasteiger partial charge in [-0.1, -0.05) is 13.8 Å². The fourth-order valence-electron chi connectivity index (χ4n) is 1.72. The molecule has 0 aliphatic heterocycles. The number of aromatic nitrogens is 2. The van der Waals surface area contributed by atoms with E-state index in [9.17, 15) is 14.4 Å². The molecule has 0 saturated carbocycles. The molecule has 0 aliphatic rings. The SMILES string of the molecule is CCC(N)(CC)CNC(=O)Cn1ccc(=O)n(C)c1=O. The quantitative estimate of drug-likeness (QED) is 0.712. The molecule has 0 fully saturated rings. The van der Waals surface area contributed by atoms with Crippen molar-refractivity contribution >= 4 is 5.91 Å². The second-order valence-corrected chi connectivity index (χ2v) is 4.97. The molecule has 7 heteroatoms. The van der Waals surface area contributed by atoms with Gasteiger partial charge in [0.15, 0.2) is 0 Å². The van der Waals surface area contributed by atoms with Gasteiger partial charge >= 0.3 is 5.69 Å². The first-order valence-corrected chi connectivity index (χ1v) is 6.65. The highest BCUT2D eigenvalue weighted by molar-refractivity contribution is 5.75. The number of nitrogens with two attached hydrogens (primary N) is 1. The van der Waals surface area contributed by atoms with Crippen LogP contribution in [-0.4, -0.2) is 27.1 Å². The fraction of sp³-hybridized carbons (Fsp3) is 0.615. The van der Waals surface area contributed by atoms with Crippen molar-refractivity contribution in [3.8, 4) is 0 Å². The summed E-state index contributed by atoms with van der Waals surface area (Å²) in [5, 5.41) is 2.72. The molecule has 20 heavy (non-hydrogen) atoms. The summed E-state index contributed by atoms with van der Waals surface area (Å²) < 4.78 is 2.14. The lowest BCUT2D eigenvalue weighted by Crippen LogP contribution is -2.50. The zero-order valence-electron chi connectivity index (χ0n) is 12.2. The van der Waals surface area contributed by atoms with Crippen molar-refractivity contribution in [3.63, 3.8) is 0 Å². The lowest BCUT2D eigenvalue weighted by atomic mass is 9.94. The molecule has 1 aromatic rings. The molecule has 7 nitrogen and oxygen atoms in total. The lowest BCUT2D eigenvalue weighted by Gasteiger charge is -2.26. The smallest absolute Gasteiger partial charge is 0.331 e. The van der Waals surface area contributed by atoms with Crippen LogP contribution in [0.1, 0.15) is 26.7 Å². The Kier molecular flexibility index (Phi) is 5.26. The minimum atomic E-state index is -0.516.